The van der Waals surface area contributed by atoms with Gasteiger partial charge in [-0.05, 0) is 69.2 Å². The molecule has 0 bridgehead atoms. The number of benzene rings is 2. The van der Waals surface area contributed by atoms with Gasteiger partial charge in [0, 0.05) is 22.9 Å². The van der Waals surface area contributed by atoms with Crippen molar-refractivity contribution in [3.05, 3.63) is 83.6 Å². The summed E-state index contributed by atoms with van der Waals surface area (Å²) in [5.41, 5.74) is 7.53. The molecule has 0 aliphatic heterocycles. The van der Waals surface area contributed by atoms with E-state index >= 15 is 0 Å². The monoisotopic (exact) mass is 419 g/mol. The van der Waals surface area contributed by atoms with Crippen LogP contribution in [0.3, 0.4) is 0 Å². The maximum Gasteiger partial charge on any atom is 0.223 e. The second kappa shape index (κ2) is 9.62. The maximum absolute atomic E-state index is 12.1. The predicted octanol–water partition coefficient (Wildman–Crippen LogP) is 4.06. The number of rotatable bonds is 7. The smallest absolute Gasteiger partial charge is 0.223 e. The second-order valence-corrected chi connectivity index (χ2v) is 8.31. The van der Waals surface area contributed by atoms with Crippen molar-refractivity contribution in [2.24, 2.45) is 5.73 Å². The number of hydrogen-bond donors (Lipinski definition) is 4. The molecule has 1 atom stereocenters. The molecule has 31 heavy (non-hydrogen) atoms. The number of nitrogens with two attached hydrogens (primary N) is 1. The van der Waals surface area contributed by atoms with E-state index in [1.165, 1.54) is 0 Å². The Morgan fingerprint density at radius 3 is 2.45 bits per heavy atom. The van der Waals surface area contributed by atoms with Crippen LogP contribution in [-0.2, 0) is 4.79 Å². The first-order valence-corrected chi connectivity index (χ1v) is 10.3. The van der Waals surface area contributed by atoms with Crippen molar-refractivity contribution in [3.8, 4) is 11.5 Å². The minimum atomic E-state index is -1.06. The number of ether oxygens (including phenoxy) is 1. The summed E-state index contributed by atoms with van der Waals surface area (Å²) in [6.45, 7) is 3.20. The standard InChI is InChI=1S/C25H29N3O3/c1-25(2,30)16-23(29)28-18-10-14-21(22(26)15-11-18)24(27)17-8-12-20(13-9-17)31-19-6-4-3-5-7-19/h3-9,11-13,15,18,27,30H,10,14,16,26H2,1-2H3,(H,28,29). The van der Waals surface area contributed by atoms with Crippen LogP contribution in [0.25, 0.3) is 0 Å². The number of hydrogen-bond acceptors (Lipinski definition) is 5. The quantitative estimate of drug-likeness (QED) is 0.508. The topological polar surface area (TPSA) is 108 Å². The van der Waals surface area contributed by atoms with E-state index in [4.69, 9.17) is 15.9 Å². The molecule has 1 unspecified atom stereocenters. The van der Waals surface area contributed by atoms with Gasteiger partial charge in [-0.3, -0.25) is 10.2 Å². The molecule has 2 aromatic rings. The average Bonchev–Trinajstić information content (AvgIpc) is 2.89. The summed E-state index contributed by atoms with van der Waals surface area (Å²) < 4.78 is 5.81. The van der Waals surface area contributed by atoms with E-state index in [1.54, 1.807) is 19.9 Å². The first-order valence-electron chi connectivity index (χ1n) is 10.3. The Labute approximate surface area is 182 Å². The highest BCUT2D eigenvalue weighted by Gasteiger charge is 2.22. The lowest BCUT2D eigenvalue weighted by molar-refractivity contribution is -0.125. The van der Waals surface area contributed by atoms with E-state index in [0.29, 0.717) is 30.0 Å². The fraction of sp³-hybridized carbons (Fsp3) is 0.280. The van der Waals surface area contributed by atoms with Crippen LogP contribution in [0.4, 0.5) is 0 Å². The summed E-state index contributed by atoms with van der Waals surface area (Å²) in [4.78, 5) is 12.1. The molecule has 162 valence electrons. The largest absolute Gasteiger partial charge is 0.457 e. The van der Waals surface area contributed by atoms with Crippen molar-refractivity contribution in [2.75, 3.05) is 0 Å². The average molecular weight is 420 g/mol. The van der Waals surface area contributed by atoms with Crippen molar-refractivity contribution >= 4 is 11.6 Å². The van der Waals surface area contributed by atoms with Crippen LogP contribution in [0.5, 0.6) is 11.5 Å². The molecule has 0 aromatic heterocycles. The highest BCUT2D eigenvalue weighted by molar-refractivity contribution is 6.11. The van der Waals surface area contributed by atoms with E-state index in [2.05, 4.69) is 5.32 Å². The van der Waals surface area contributed by atoms with Crippen LogP contribution in [0.2, 0.25) is 0 Å². The summed E-state index contributed by atoms with van der Waals surface area (Å²) in [5.74, 6) is 1.23. The lowest BCUT2D eigenvalue weighted by Gasteiger charge is -2.19. The Bertz CT molecular complexity index is 987. The fourth-order valence-electron chi connectivity index (χ4n) is 3.39. The minimum absolute atomic E-state index is 0.0281. The van der Waals surface area contributed by atoms with E-state index in [1.807, 2.05) is 60.7 Å². The minimum Gasteiger partial charge on any atom is -0.457 e. The van der Waals surface area contributed by atoms with Gasteiger partial charge in [-0.25, -0.2) is 0 Å². The second-order valence-electron chi connectivity index (χ2n) is 8.31. The number of carbonyl (C=O) groups excluding carboxylic acids is 1. The zero-order chi connectivity index (χ0) is 22.4. The molecule has 1 aliphatic rings. The van der Waals surface area contributed by atoms with Gasteiger partial charge in [0.05, 0.1) is 17.7 Å². The molecular weight excluding hydrogens is 390 g/mol. The predicted molar refractivity (Wildman–Crippen MR) is 122 cm³/mol. The SMILES string of the molecule is CC(C)(O)CC(=O)NC1C=CC(N)=C(C(=N)c2ccc(Oc3ccccc3)cc2)CC1. The zero-order valence-electron chi connectivity index (χ0n) is 17.9. The van der Waals surface area contributed by atoms with Gasteiger partial charge in [-0.2, -0.15) is 0 Å². The van der Waals surface area contributed by atoms with Gasteiger partial charge >= 0.3 is 0 Å². The van der Waals surface area contributed by atoms with Crippen molar-refractivity contribution in [1.29, 1.82) is 5.41 Å². The molecule has 6 nitrogen and oxygen atoms in total. The molecule has 6 heteroatoms. The highest BCUT2D eigenvalue weighted by atomic mass is 16.5. The Hall–Kier alpha value is -3.38. The van der Waals surface area contributed by atoms with Crippen molar-refractivity contribution in [2.45, 2.75) is 44.8 Å². The molecule has 0 heterocycles. The zero-order valence-corrected chi connectivity index (χ0v) is 17.9. The van der Waals surface area contributed by atoms with Gasteiger partial charge in [0.25, 0.3) is 0 Å². The number of para-hydroxylation sites is 1. The van der Waals surface area contributed by atoms with Gasteiger partial charge < -0.3 is 20.9 Å². The molecule has 5 N–H and O–H groups in total. The summed E-state index contributed by atoms with van der Waals surface area (Å²) in [7, 11) is 0. The van der Waals surface area contributed by atoms with Crippen LogP contribution in [0, 0.1) is 5.41 Å². The van der Waals surface area contributed by atoms with E-state index < -0.39 is 5.60 Å². The van der Waals surface area contributed by atoms with Crippen LogP contribution in [0.15, 0.2) is 78.0 Å². The van der Waals surface area contributed by atoms with Crippen molar-refractivity contribution in [3.63, 3.8) is 0 Å². The van der Waals surface area contributed by atoms with Gasteiger partial charge in [-0.15, -0.1) is 0 Å². The molecule has 0 spiro atoms. The Balaban J connectivity index is 1.63. The third kappa shape index (κ3) is 6.55. The van der Waals surface area contributed by atoms with Gasteiger partial charge in [-0.1, -0.05) is 24.3 Å². The normalized spacial score (nSPS) is 16.5. The number of aliphatic hydroxyl groups is 1. The summed E-state index contributed by atoms with van der Waals surface area (Å²) >= 11 is 0. The first kappa shape index (κ1) is 22.3. The summed E-state index contributed by atoms with van der Waals surface area (Å²) in [6, 6.07) is 16.7. The molecular formula is C25H29N3O3. The summed E-state index contributed by atoms with van der Waals surface area (Å²) in [6.07, 6.45) is 4.81. The number of nitrogens with one attached hydrogen (secondary N) is 2. The van der Waals surface area contributed by atoms with Gasteiger partial charge in [0.1, 0.15) is 11.5 Å². The lowest BCUT2D eigenvalue weighted by Crippen LogP contribution is -2.37. The highest BCUT2D eigenvalue weighted by Crippen LogP contribution is 2.25. The molecule has 0 saturated carbocycles. The first-order chi connectivity index (χ1) is 14.7. The summed E-state index contributed by atoms with van der Waals surface area (Å²) in [5, 5.41) is 21.4. The van der Waals surface area contributed by atoms with Crippen molar-refractivity contribution < 1.29 is 14.6 Å². The number of carbonyl (C=O) groups is 1. The molecule has 1 amide bonds. The molecule has 1 aliphatic carbocycles. The van der Waals surface area contributed by atoms with Crippen LogP contribution < -0.4 is 15.8 Å². The van der Waals surface area contributed by atoms with E-state index in [9.17, 15) is 9.90 Å². The third-order valence-corrected chi connectivity index (χ3v) is 4.93. The van der Waals surface area contributed by atoms with Crippen LogP contribution in [-0.4, -0.2) is 28.4 Å². The molecule has 0 saturated heterocycles. The number of amides is 1. The Kier molecular flexibility index (Phi) is 6.92. The molecule has 3 rings (SSSR count). The van der Waals surface area contributed by atoms with E-state index in [-0.39, 0.29) is 18.4 Å². The number of allylic oxidation sites excluding steroid dienone is 2. The van der Waals surface area contributed by atoms with Gasteiger partial charge in [0.15, 0.2) is 0 Å². The molecule has 0 radical (unpaired) electrons. The molecule has 2 aromatic carbocycles. The fourth-order valence-corrected chi connectivity index (χ4v) is 3.39. The van der Waals surface area contributed by atoms with Crippen LogP contribution in [0.1, 0.15) is 38.7 Å². The van der Waals surface area contributed by atoms with Crippen molar-refractivity contribution in [1.82, 2.24) is 5.32 Å². The third-order valence-electron chi connectivity index (χ3n) is 4.93. The van der Waals surface area contributed by atoms with Crippen LogP contribution >= 0.6 is 0 Å². The lowest BCUT2D eigenvalue weighted by atomic mass is 9.96. The Morgan fingerprint density at radius 1 is 1.16 bits per heavy atom. The molecule has 0 fully saturated rings. The Morgan fingerprint density at radius 2 is 1.81 bits per heavy atom. The van der Waals surface area contributed by atoms with E-state index in [0.717, 1.165) is 16.9 Å². The maximum atomic E-state index is 12.1. The van der Waals surface area contributed by atoms with Gasteiger partial charge in [0.2, 0.25) is 5.91 Å².